The van der Waals surface area contributed by atoms with Gasteiger partial charge in [-0.05, 0) is 54.2 Å². The lowest BCUT2D eigenvalue weighted by Crippen LogP contribution is -2.09. The summed E-state index contributed by atoms with van der Waals surface area (Å²) in [6.07, 6.45) is 10.2. The normalized spacial score (nSPS) is 12.0. The molecule has 0 aliphatic carbocycles. The molecule has 2 aromatic carbocycles. The highest BCUT2D eigenvalue weighted by molar-refractivity contribution is 5.96. The van der Waals surface area contributed by atoms with Crippen molar-refractivity contribution in [3.63, 3.8) is 0 Å². The molecule has 4 nitrogen and oxygen atoms in total. The lowest BCUT2D eigenvalue weighted by Gasteiger charge is -2.22. The molecule has 0 radical (unpaired) electrons. The second-order valence-corrected chi connectivity index (χ2v) is 8.34. The Hall–Kier alpha value is -2.33. The average Bonchev–Trinajstić information content (AvgIpc) is 2.81. The maximum absolute atomic E-state index is 11.8. The summed E-state index contributed by atoms with van der Waals surface area (Å²) in [5.41, 5.74) is 2.92. The van der Waals surface area contributed by atoms with Crippen molar-refractivity contribution in [2.45, 2.75) is 84.7 Å². The minimum Gasteiger partial charge on any atom is -0.494 e. The van der Waals surface area contributed by atoms with Crippen LogP contribution in [0.25, 0.3) is 11.1 Å². The smallest absolute Gasteiger partial charge is 0.336 e. The van der Waals surface area contributed by atoms with E-state index < -0.39 is 5.97 Å². The molecule has 0 aliphatic heterocycles. The number of carbonyl (C=O) groups is 1. The highest BCUT2D eigenvalue weighted by atomic mass is 16.5. The summed E-state index contributed by atoms with van der Waals surface area (Å²) in [6, 6.07) is 13.2. The van der Waals surface area contributed by atoms with Gasteiger partial charge in [-0.15, -0.1) is 0 Å². The Morgan fingerprint density at radius 1 is 0.844 bits per heavy atom. The van der Waals surface area contributed by atoms with Crippen LogP contribution >= 0.6 is 0 Å². The lowest BCUT2D eigenvalue weighted by molar-refractivity contribution is 0.0482. The van der Waals surface area contributed by atoms with Crippen molar-refractivity contribution in [3.8, 4) is 16.9 Å². The van der Waals surface area contributed by atoms with Crippen molar-refractivity contribution in [1.82, 2.24) is 0 Å². The first-order chi connectivity index (χ1) is 15.6. The molecule has 0 saturated heterocycles. The Bertz CT molecular complexity index is 815. The highest BCUT2D eigenvalue weighted by Gasteiger charge is 2.20. The van der Waals surface area contributed by atoms with E-state index in [-0.39, 0.29) is 6.10 Å². The van der Waals surface area contributed by atoms with Crippen molar-refractivity contribution in [2.24, 2.45) is 0 Å². The molecule has 4 heteroatoms. The number of benzene rings is 2. The third kappa shape index (κ3) is 7.98. The number of rotatable bonds is 16. The molecule has 0 fully saturated rings. The van der Waals surface area contributed by atoms with Crippen molar-refractivity contribution < 1.29 is 19.4 Å². The van der Waals surface area contributed by atoms with Gasteiger partial charge in [0.1, 0.15) is 5.75 Å². The van der Waals surface area contributed by atoms with E-state index in [9.17, 15) is 9.90 Å². The average molecular weight is 441 g/mol. The zero-order chi connectivity index (χ0) is 23.2. The zero-order valence-electron chi connectivity index (χ0n) is 20.1. The van der Waals surface area contributed by atoms with Crippen LogP contribution in [-0.2, 0) is 4.74 Å². The van der Waals surface area contributed by atoms with Gasteiger partial charge in [-0.2, -0.15) is 0 Å². The van der Waals surface area contributed by atoms with Gasteiger partial charge in [0.05, 0.1) is 18.3 Å². The van der Waals surface area contributed by atoms with Crippen LogP contribution in [0.2, 0.25) is 0 Å². The molecule has 0 aliphatic rings. The molecule has 1 atom stereocenters. The van der Waals surface area contributed by atoms with Crippen molar-refractivity contribution in [1.29, 1.82) is 0 Å². The summed E-state index contributed by atoms with van der Waals surface area (Å²) in [5, 5.41) is 9.71. The van der Waals surface area contributed by atoms with Crippen molar-refractivity contribution in [3.05, 3.63) is 53.6 Å². The Balaban J connectivity index is 2.24. The summed E-state index contributed by atoms with van der Waals surface area (Å²) in [4.78, 5) is 11.8. The molecular formula is C28H40O4. The number of aromatic carboxylic acids is 1. The highest BCUT2D eigenvalue weighted by Crippen LogP contribution is 2.36. The van der Waals surface area contributed by atoms with Gasteiger partial charge >= 0.3 is 5.97 Å². The van der Waals surface area contributed by atoms with Crippen molar-refractivity contribution in [2.75, 3.05) is 13.2 Å². The summed E-state index contributed by atoms with van der Waals surface area (Å²) < 4.78 is 12.3. The molecule has 0 amide bonds. The maximum Gasteiger partial charge on any atom is 0.336 e. The first-order valence-corrected chi connectivity index (χ1v) is 12.3. The van der Waals surface area contributed by atoms with Gasteiger partial charge < -0.3 is 14.6 Å². The Labute approximate surface area is 194 Å². The van der Waals surface area contributed by atoms with Crippen LogP contribution in [0.5, 0.6) is 5.75 Å². The second-order valence-electron chi connectivity index (χ2n) is 8.34. The molecule has 2 rings (SSSR count). The first kappa shape index (κ1) is 25.9. The van der Waals surface area contributed by atoms with Gasteiger partial charge in [0, 0.05) is 6.61 Å². The summed E-state index contributed by atoms with van der Waals surface area (Å²) in [6.45, 7) is 7.87. The summed E-state index contributed by atoms with van der Waals surface area (Å²) in [7, 11) is 0. The number of hydrogen-bond donors (Lipinski definition) is 1. The standard InChI is InChI=1S/C28H40O4/c1-4-7-9-10-11-14-20-31-22-17-18-24(23-15-12-13-16-25(23)28(29)30)26(21-22)27(6-3)32-19-8-5-2/h12-13,15-18,21,27H,4-11,14,19-20H2,1-3H3,(H,29,30). The van der Waals surface area contributed by atoms with E-state index in [0.29, 0.717) is 18.8 Å². The Morgan fingerprint density at radius 3 is 2.28 bits per heavy atom. The Morgan fingerprint density at radius 2 is 1.56 bits per heavy atom. The molecule has 0 heterocycles. The topological polar surface area (TPSA) is 55.8 Å². The van der Waals surface area contributed by atoms with Crippen LogP contribution in [0.4, 0.5) is 0 Å². The predicted molar refractivity (Wildman–Crippen MR) is 132 cm³/mol. The lowest BCUT2D eigenvalue weighted by atomic mass is 9.91. The van der Waals surface area contributed by atoms with Crippen LogP contribution in [-0.4, -0.2) is 24.3 Å². The largest absolute Gasteiger partial charge is 0.494 e. The molecule has 176 valence electrons. The molecule has 0 saturated carbocycles. The molecule has 0 bridgehead atoms. The van der Waals surface area contributed by atoms with E-state index in [1.807, 2.05) is 30.3 Å². The molecule has 1 unspecified atom stereocenters. The summed E-state index contributed by atoms with van der Waals surface area (Å²) >= 11 is 0. The van der Waals surface area contributed by atoms with Gasteiger partial charge in [-0.1, -0.05) is 83.6 Å². The second kappa shape index (κ2) is 14.7. The predicted octanol–water partition coefficient (Wildman–Crippen LogP) is 8.06. The number of ether oxygens (including phenoxy) is 2. The fourth-order valence-electron chi connectivity index (χ4n) is 3.92. The molecule has 1 N–H and O–H groups in total. The van der Waals surface area contributed by atoms with E-state index in [0.717, 1.165) is 48.1 Å². The molecule has 0 aromatic heterocycles. The Kier molecular flexibility index (Phi) is 11.9. The fourth-order valence-corrected chi connectivity index (χ4v) is 3.92. The van der Waals surface area contributed by atoms with Gasteiger partial charge in [0.25, 0.3) is 0 Å². The molecule has 2 aromatic rings. The zero-order valence-corrected chi connectivity index (χ0v) is 20.1. The fraction of sp³-hybridized carbons (Fsp3) is 0.536. The van der Waals surface area contributed by atoms with Gasteiger partial charge in [0.2, 0.25) is 0 Å². The molecule has 32 heavy (non-hydrogen) atoms. The number of hydrogen-bond acceptors (Lipinski definition) is 3. The summed E-state index contributed by atoms with van der Waals surface area (Å²) in [5.74, 6) is -0.0995. The third-order valence-corrected chi connectivity index (χ3v) is 5.77. The van der Waals surface area contributed by atoms with E-state index in [1.54, 1.807) is 12.1 Å². The van der Waals surface area contributed by atoms with Crippen LogP contribution in [0, 0.1) is 0 Å². The minimum absolute atomic E-state index is 0.101. The molecule has 0 spiro atoms. The van der Waals surface area contributed by atoms with Crippen LogP contribution in [0.1, 0.15) is 101 Å². The van der Waals surface area contributed by atoms with E-state index in [4.69, 9.17) is 9.47 Å². The third-order valence-electron chi connectivity index (χ3n) is 5.77. The van der Waals surface area contributed by atoms with Crippen LogP contribution in [0.3, 0.4) is 0 Å². The van der Waals surface area contributed by atoms with Crippen molar-refractivity contribution >= 4 is 5.97 Å². The van der Waals surface area contributed by atoms with Crippen LogP contribution < -0.4 is 4.74 Å². The number of carboxylic acid groups (broad SMARTS) is 1. The molecular weight excluding hydrogens is 400 g/mol. The van der Waals surface area contributed by atoms with E-state index in [1.165, 1.54) is 32.1 Å². The van der Waals surface area contributed by atoms with Gasteiger partial charge in [-0.3, -0.25) is 0 Å². The number of carboxylic acids is 1. The monoisotopic (exact) mass is 440 g/mol. The van der Waals surface area contributed by atoms with Crippen LogP contribution in [0.15, 0.2) is 42.5 Å². The first-order valence-electron chi connectivity index (χ1n) is 12.3. The minimum atomic E-state index is -0.921. The van der Waals surface area contributed by atoms with Gasteiger partial charge in [-0.25, -0.2) is 4.79 Å². The quantitative estimate of drug-likeness (QED) is 0.268. The maximum atomic E-state index is 11.8. The van der Waals surface area contributed by atoms with E-state index in [2.05, 4.69) is 20.8 Å². The van der Waals surface area contributed by atoms with E-state index >= 15 is 0 Å². The van der Waals surface area contributed by atoms with Gasteiger partial charge in [0.15, 0.2) is 0 Å². The SMILES string of the molecule is CCCCCCCCOc1ccc(-c2ccccc2C(=O)O)c(C(CC)OCCCC)c1. The number of unbranched alkanes of at least 4 members (excludes halogenated alkanes) is 6.